The molecule has 12 heteroatoms. The molecule has 4 atom stereocenters. The van der Waals surface area contributed by atoms with E-state index in [-0.39, 0.29) is 11.5 Å². The molecule has 1 saturated heterocycles. The summed E-state index contributed by atoms with van der Waals surface area (Å²) in [5.74, 6) is 0.145. The van der Waals surface area contributed by atoms with Crippen molar-refractivity contribution in [3.8, 4) is 0 Å². The van der Waals surface area contributed by atoms with E-state index in [1.165, 1.54) is 18.3 Å². The van der Waals surface area contributed by atoms with Crippen LogP contribution in [0.3, 0.4) is 0 Å². The SMILES string of the molecule is O=c1nc(NSc2ccccc2[N+](=O)[O-])ccn1C1OC(CO)C(O)C1O. The first-order valence-corrected chi connectivity index (χ1v) is 8.62. The molecule has 0 aliphatic carbocycles. The molecule has 4 N–H and O–H groups in total. The van der Waals surface area contributed by atoms with Crippen LogP contribution in [0.4, 0.5) is 11.5 Å². The molecule has 2 aromatic rings. The lowest BCUT2D eigenvalue weighted by atomic mass is 10.1. The highest BCUT2D eigenvalue weighted by atomic mass is 32.2. The maximum absolute atomic E-state index is 12.2. The average Bonchev–Trinajstić information content (AvgIpc) is 2.95. The normalized spacial score (nSPS) is 24.7. The van der Waals surface area contributed by atoms with Gasteiger partial charge in [-0.25, -0.2) is 4.79 Å². The maximum atomic E-state index is 12.2. The molecular formula is C15H16N4O7S. The van der Waals surface area contributed by atoms with Gasteiger partial charge < -0.3 is 24.8 Å². The van der Waals surface area contributed by atoms with Crippen LogP contribution in [0.2, 0.25) is 0 Å². The highest BCUT2D eigenvalue weighted by Crippen LogP contribution is 2.30. The first-order valence-electron chi connectivity index (χ1n) is 7.80. The molecule has 11 nitrogen and oxygen atoms in total. The number of nitro groups is 1. The topological polar surface area (TPSA) is 160 Å². The quantitative estimate of drug-likeness (QED) is 0.294. The molecule has 1 aliphatic rings. The van der Waals surface area contributed by atoms with Crippen LogP contribution in [0.1, 0.15) is 6.23 Å². The Morgan fingerprint density at radius 3 is 2.67 bits per heavy atom. The number of nitrogens with one attached hydrogen (secondary N) is 1. The second-order valence-corrected chi connectivity index (χ2v) is 6.51. The van der Waals surface area contributed by atoms with E-state index in [1.807, 2.05) is 0 Å². The summed E-state index contributed by atoms with van der Waals surface area (Å²) in [5.41, 5.74) is -0.854. The van der Waals surface area contributed by atoms with Gasteiger partial charge in [-0.3, -0.25) is 14.7 Å². The molecule has 0 radical (unpaired) electrons. The molecule has 0 amide bonds. The van der Waals surface area contributed by atoms with Crippen molar-refractivity contribution in [3.63, 3.8) is 0 Å². The summed E-state index contributed by atoms with van der Waals surface area (Å²) in [6.07, 6.45) is -3.63. The molecule has 1 fully saturated rings. The van der Waals surface area contributed by atoms with Crippen molar-refractivity contribution in [2.45, 2.75) is 29.4 Å². The number of benzene rings is 1. The minimum Gasteiger partial charge on any atom is -0.394 e. The summed E-state index contributed by atoms with van der Waals surface area (Å²) in [7, 11) is 0. The molecule has 1 aliphatic heterocycles. The number of hydrogen-bond acceptors (Lipinski definition) is 10. The molecule has 1 aromatic carbocycles. The second kappa shape index (κ2) is 8.02. The van der Waals surface area contributed by atoms with Crippen LogP contribution >= 0.6 is 11.9 Å². The van der Waals surface area contributed by atoms with Crippen LogP contribution in [0.25, 0.3) is 0 Å². The number of nitrogens with zero attached hydrogens (tertiary/aromatic N) is 3. The van der Waals surface area contributed by atoms with Crippen molar-refractivity contribution >= 4 is 23.5 Å². The van der Waals surface area contributed by atoms with Gasteiger partial charge in [-0.2, -0.15) is 4.98 Å². The Balaban J connectivity index is 1.75. The fourth-order valence-corrected chi connectivity index (χ4v) is 3.30. The third-order valence-corrected chi connectivity index (χ3v) is 4.83. The zero-order valence-electron chi connectivity index (χ0n) is 13.7. The van der Waals surface area contributed by atoms with Crippen molar-refractivity contribution in [1.82, 2.24) is 9.55 Å². The lowest BCUT2D eigenvalue weighted by molar-refractivity contribution is -0.387. The van der Waals surface area contributed by atoms with Gasteiger partial charge in [0.25, 0.3) is 5.69 Å². The van der Waals surface area contributed by atoms with E-state index in [0.29, 0.717) is 4.90 Å². The maximum Gasteiger partial charge on any atom is 0.351 e. The van der Waals surface area contributed by atoms with E-state index >= 15 is 0 Å². The zero-order chi connectivity index (χ0) is 19.6. The monoisotopic (exact) mass is 396 g/mol. The molecule has 0 saturated carbocycles. The van der Waals surface area contributed by atoms with Gasteiger partial charge >= 0.3 is 5.69 Å². The van der Waals surface area contributed by atoms with Gasteiger partial charge in [0.15, 0.2) is 6.23 Å². The number of rotatable bonds is 6. The first-order chi connectivity index (χ1) is 12.9. The third kappa shape index (κ3) is 3.94. The van der Waals surface area contributed by atoms with Gasteiger partial charge in [0, 0.05) is 12.3 Å². The number of hydrogen-bond donors (Lipinski definition) is 4. The Labute approximate surface area is 156 Å². The third-order valence-electron chi connectivity index (χ3n) is 3.95. The molecule has 144 valence electrons. The van der Waals surface area contributed by atoms with E-state index in [2.05, 4.69) is 9.71 Å². The Bertz CT molecular complexity index is 892. The van der Waals surface area contributed by atoms with Crippen LogP contribution < -0.4 is 10.4 Å². The molecule has 4 unspecified atom stereocenters. The van der Waals surface area contributed by atoms with E-state index in [4.69, 9.17) is 9.84 Å². The number of aliphatic hydroxyl groups is 3. The summed E-state index contributed by atoms with van der Waals surface area (Å²) in [6.45, 7) is -0.511. The van der Waals surface area contributed by atoms with E-state index in [1.54, 1.807) is 18.2 Å². The van der Waals surface area contributed by atoms with E-state index in [0.717, 1.165) is 16.5 Å². The van der Waals surface area contributed by atoms with Gasteiger partial charge in [0.1, 0.15) is 29.0 Å². The van der Waals surface area contributed by atoms with Crippen LogP contribution in [-0.4, -0.2) is 54.7 Å². The summed E-state index contributed by atoms with van der Waals surface area (Å²) in [5, 5.41) is 39.9. The number of anilines is 1. The number of para-hydroxylation sites is 1. The van der Waals surface area contributed by atoms with Crippen LogP contribution in [0.5, 0.6) is 0 Å². The lowest BCUT2D eigenvalue weighted by Crippen LogP contribution is -2.36. The van der Waals surface area contributed by atoms with Crippen molar-refractivity contribution in [3.05, 3.63) is 57.1 Å². The molecule has 27 heavy (non-hydrogen) atoms. The average molecular weight is 396 g/mol. The van der Waals surface area contributed by atoms with E-state index < -0.39 is 41.8 Å². The zero-order valence-corrected chi connectivity index (χ0v) is 14.5. The summed E-state index contributed by atoms with van der Waals surface area (Å²) < 4.78 is 9.03. The van der Waals surface area contributed by atoms with Crippen LogP contribution in [0, 0.1) is 10.1 Å². The number of ether oxygens (including phenoxy) is 1. The van der Waals surface area contributed by atoms with E-state index in [9.17, 15) is 25.1 Å². The highest BCUT2D eigenvalue weighted by molar-refractivity contribution is 8.00. The van der Waals surface area contributed by atoms with Gasteiger partial charge in [-0.15, -0.1) is 0 Å². The predicted molar refractivity (Wildman–Crippen MR) is 94.1 cm³/mol. The Hall–Kier alpha value is -2.51. The Morgan fingerprint density at radius 1 is 1.30 bits per heavy atom. The van der Waals surface area contributed by atoms with Crippen molar-refractivity contribution in [2.75, 3.05) is 11.3 Å². The molecular weight excluding hydrogens is 380 g/mol. The second-order valence-electron chi connectivity index (χ2n) is 5.66. The standard InChI is InChI=1S/C15H16N4O7S/c20-7-9-12(21)13(22)14(26-9)18-6-5-11(16-15(18)23)17-27-10-4-2-1-3-8(10)19(24)25/h1-6,9,12-14,20-22H,7H2,(H,16,17,23). The van der Waals surface area contributed by atoms with Crippen molar-refractivity contribution in [2.24, 2.45) is 0 Å². The minimum absolute atomic E-state index is 0.0881. The number of aliphatic hydroxyl groups excluding tert-OH is 3. The fraction of sp³-hybridized carbons (Fsp3) is 0.333. The van der Waals surface area contributed by atoms with Gasteiger partial charge in [-0.1, -0.05) is 12.1 Å². The largest absolute Gasteiger partial charge is 0.394 e. The lowest BCUT2D eigenvalue weighted by Gasteiger charge is -2.17. The fourth-order valence-electron chi connectivity index (χ4n) is 2.57. The Kier molecular flexibility index (Phi) is 5.72. The summed E-state index contributed by atoms with van der Waals surface area (Å²) in [4.78, 5) is 26.8. The van der Waals surface area contributed by atoms with Gasteiger partial charge in [0.05, 0.1) is 11.5 Å². The van der Waals surface area contributed by atoms with Crippen molar-refractivity contribution in [1.29, 1.82) is 0 Å². The summed E-state index contributed by atoms with van der Waals surface area (Å²) in [6, 6.07) is 7.51. The number of nitro benzene ring substituents is 1. The highest BCUT2D eigenvalue weighted by Gasteiger charge is 2.43. The van der Waals surface area contributed by atoms with Crippen molar-refractivity contribution < 1.29 is 25.0 Å². The van der Waals surface area contributed by atoms with Gasteiger partial charge in [0.2, 0.25) is 0 Å². The summed E-state index contributed by atoms with van der Waals surface area (Å²) >= 11 is 0.924. The Morgan fingerprint density at radius 2 is 2.04 bits per heavy atom. The first kappa shape index (κ1) is 19.3. The van der Waals surface area contributed by atoms with Crippen LogP contribution in [0.15, 0.2) is 46.2 Å². The smallest absolute Gasteiger partial charge is 0.351 e. The number of aromatic nitrogens is 2. The molecule has 0 spiro atoms. The van der Waals surface area contributed by atoms with Gasteiger partial charge in [-0.05, 0) is 24.1 Å². The molecule has 0 bridgehead atoms. The minimum atomic E-state index is -1.40. The molecule has 2 heterocycles. The molecule has 3 rings (SSSR count). The van der Waals surface area contributed by atoms with Crippen LogP contribution in [-0.2, 0) is 4.74 Å². The molecule has 1 aromatic heterocycles. The predicted octanol–water partition coefficient (Wildman–Crippen LogP) is -0.118.